The van der Waals surface area contributed by atoms with E-state index in [0.29, 0.717) is 17.9 Å². The van der Waals surface area contributed by atoms with Crippen LogP contribution in [-0.4, -0.2) is 62.6 Å². The van der Waals surface area contributed by atoms with Crippen molar-refractivity contribution in [1.29, 1.82) is 0 Å². The summed E-state index contributed by atoms with van der Waals surface area (Å²) in [6, 6.07) is 10.7. The third-order valence-electron chi connectivity index (χ3n) is 4.75. The van der Waals surface area contributed by atoms with Gasteiger partial charge in [-0.25, -0.2) is 0 Å². The molecule has 1 aromatic rings. The molecule has 138 valence electrons. The molecule has 1 fully saturated rings. The Morgan fingerprint density at radius 2 is 1.76 bits per heavy atom. The fourth-order valence-electron chi connectivity index (χ4n) is 2.70. The maximum Gasteiger partial charge on any atom is 0.242 e. The Morgan fingerprint density at radius 3 is 2.32 bits per heavy atom. The maximum atomic E-state index is 12.4. The van der Waals surface area contributed by atoms with Crippen molar-refractivity contribution in [2.45, 2.75) is 26.8 Å². The number of para-hydroxylation sites is 1. The van der Waals surface area contributed by atoms with Crippen LogP contribution in [-0.2, 0) is 4.79 Å². The van der Waals surface area contributed by atoms with Crippen molar-refractivity contribution >= 4 is 17.6 Å². The highest BCUT2D eigenvalue weighted by molar-refractivity contribution is 5.86. The van der Waals surface area contributed by atoms with Crippen molar-refractivity contribution in [2.24, 2.45) is 10.9 Å². The number of aliphatic imine (C=N–C) groups is 1. The summed E-state index contributed by atoms with van der Waals surface area (Å²) in [6.07, 6.45) is 0. The second-order valence-electron chi connectivity index (χ2n) is 6.81. The lowest BCUT2D eigenvalue weighted by molar-refractivity contribution is -0.130. The van der Waals surface area contributed by atoms with Gasteiger partial charge in [-0.1, -0.05) is 32.0 Å². The minimum atomic E-state index is 0.118. The van der Waals surface area contributed by atoms with Gasteiger partial charge >= 0.3 is 0 Å². The van der Waals surface area contributed by atoms with E-state index >= 15 is 0 Å². The normalized spacial score (nSPS) is 16.8. The summed E-state index contributed by atoms with van der Waals surface area (Å²) in [7, 11) is 1.73. The van der Waals surface area contributed by atoms with Crippen molar-refractivity contribution in [1.82, 2.24) is 15.5 Å². The number of piperazine rings is 1. The number of nitrogens with zero attached hydrogens (tertiary/aromatic N) is 3. The van der Waals surface area contributed by atoms with Crippen molar-refractivity contribution in [3.8, 4) is 0 Å². The first-order valence-electron chi connectivity index (χ1n) is 9.06. The molecule has 0 saturated carbocycles. The molecule has 1 saturated heterocycles. The predicted molar refractivity (Wildman–Crippen MR) is 104 cm³/mol. The number of benzene rings is 1. The number of carbonyl (C=O) groups excluding carboxylic acids is 1. The predicted octanol–water partition coefficient (Wildman–Crippen LogP) is 1.54. The Bertz CT molecular complexity index is 564. The largest absolute Gasteiger partial charge is 0.368 e. The van der Waals surface area contributed by atoms with Gasteiger partial charge < -0.3 is 20.4 Å². The first-order valence-corrected chi connectivity index (χ1v) is 9.06. The standard InChI is InChI=1S/C19H31N5O/c1-15(2)16(3)22-19(20-4)21-14-18(25)24-12-10-23(11-13-24)17-8-6-5-7-9-17/h5-9,15-16H,10-14H2,1-4H3,(H2,20,21,22). The molecule has 1 heterocycles. The van der Waals surface area contributed by atoms with E-state index < -0.39 is 0 Å². The van der Waals surface area contributed by atoms with Crippen LogP contribution in [0, 0.1) is 5.92 Å². The fourth-order valence-corrected chi connectivity index (χ4v) is 2.70. The average Bonchev–Trinajstić information content (AvgIpc) is 2.65. The van der Waals surface area contributed by atoms with Gasteiger partial charge in [-0.05, 0) is 25.0 Å². The van der Waals surface area contributed by atoms with E-state index in [4.69, 9.17) is 0 Å². The zero-order chi connectivity index (χ0) is 18.2. The molecule has 0 radical (unpaired) electrons. The second kappa shape index (κ2) is 9.30. The Labute approximate surface area is 151 Å². The van der Waals surface area contributed by atoms with Crippen molar-refractivity contribution in [3.63, 3.8) is 0 Å². The Balaban J connectivity index is 1.77. The van der Waals surface area contributed by atoms with Crippen molar-refractivity contribution < 1.29 is 4.79 Å². The summed E-state index contributed by atoms with van der Waals surface area (Å²) in [6.45, 7) is 9.94. The molecule has 1 atom stereocenters. The molecule has 1 aromatic carbocycles. The first-order chi connectivity index (χ1) is 12.0. The molecule has 1 amide bonds. The molecule has 6 heteroatoms. The molecular weight excluding hydrogens is 314 g/mol. The minimum Gasteiger partial charge on any atom is -0.368 e. The van der Waals surface area contributed by atoms with Crippen LogP contribution in [0.15, 0.2) is 35.3 Å². The first kappa shape index (κ1) is 19.1. The number of anilines is 1. The summed E-state index contributed by atoms with van der Waals surface area (Å²) < 4.78 is 0. The quantitative estimate of drug-likeness (QED) is 0.628. The third-order valence-corrected chi connectivity index (χ3v) is 4.75. The van der Waals surface area contributed by atoms with Crippen LogP contribution < -0.4 is 15.5 Å². The van der Waals surface area contributed by atoms with Crippen molar-refractivity contribution in [3.05, 3.63) is 30.3 Å². The third kappa shape index (κ3) is 5.66. The van der Waals surface area contributed by atoms with Crippen LogP contribution in [0.2, 0.25) is 0 Å². The van der Waals surface area contributed by atoms with E-state index in [0.717, 1.165) is 26.2 Å². The number of amides is 1. The fraction of sp³-hybridized carbons (Fsp3) is 0.579. The number of carbonyl (C=O) groups is 1. The number of hydrogen-bond donors (Lipinski definition) is 2. The Kier molecular flexibility index (Phi) is 7.10. The molecular formula is C19H31N5O. The van der Waals surface area contributed by atoms with Gasteiger partial charge in [0.2, 0.25) is 5.91 Å². The minimum absolute atomic E-state index is 0.118. The lowest BCUT2D eigenvalue weighted by atomic mass is 10.1. The van der Waals surface area contributed by atoms with Crippen LogP contribution in [0.3, 0.4) is 0 Å². The number of nitrogens with one attached hydrogen (secondary N) is 2. The van der Waals surface area contributed by atoms with E-state index in [1.807, 2.05) is 23.1 Å². The number of hydrogen-bond acceptors (Lipinski definition) is 3. The zero-order valence-corrected chi connectivity index (χ0v) is 15.8. The van der Waals surface area contributed by atoms with Gasteiger partial charge in [0.05, 0.1) is 6.54 Å². The monoisotopic (exact) mass is 345 g/mol. The molecule has 0 bridgehead atoms. The van der Waals surface area contributed by atoms with Crippen LogP contribution >= 0.6 is 0 Å². The van der Waals surface area contributed by atoms with E-state index in [1.165, 1.54) is 5.69 Å². The molecule has 0 aromatic heterocycles. The summed E-state index contributed by atoms with van der Waals surface area (Å²) in [5.74, 6) is 1.30. The molecule has 6 nitrogen and oxygen atoms in total. The van der Waals surface area contributed by atoms with E-state index in [1.54, 1.807) is 7.05 Å². The summed E-state index contributed by atoms with van der Waals surface area (Å²) in [5, 5.41) is 6.44. The zero-order valence-electron chi connectivity index (χ0n) is 15.8. The second-order valence-corrected chi connectivity index (χ2v) is 6.81. The molecule has 1 unspecified atom stereocenters. The molecule has 0 aliphatic carbocycles. The van der Waals surface area contributed by atoms with E-state index in [9.17, 15) is 4.79 Å². The van der Waals surface area contributed by atoms with Gasteiger partial charge in [-0.15, -0.1) is 0 Å². The van der Waals surface area contributed by atoms with Gasteiger partial charge in [0.1, 0.15) is 0 Å². The van der Waals surface area contributed by atoms with E-state index in [-0.39, 0.29) is 12.5 Å². The summed E-state index contributed by atoms with van der Waals surface area (Å²) >= 11 is 0. The van der Waals surface area contributed by atoms with Gasteiger partial charge in [-0.2, -0.15) is 0 Å². The molecule has 2 rings (SSSR count). The van der Waals surface area contributed by atoms with Crippen LogP contribution in [0.1, 0.15) is 20.8 Å². The molecule has 0 spiro atoms. The highest BCUT2D eigenvalue weighted by Crippen LogP contribution is 2.15. The van der Waals surface area contributed by atoms with Gasteiger partial charge in [0.15, 0.2) is 5.96 Å². The number of guanidine groups is 1. The SMILES string of the molecule is CN=C(NCC(=O)N1CCN(c2ccccc2)CC1)NC(C)C(C)C. The average molecular weight is 345 g/mol. The van der Waals surface area contributed by atoms with E-state index in [2.05, 4.69) is 53.4 Å². The lowest BCUT2D eigenvalue weighted by Gasteiger charge is -2.36. The lowest BCUT2D eigenvalue weighted by Crippen LogP contribution is -2.53. The maximum absolute atomic E-state index is 12.4. The van der Waals surface area contributed by atoms with Crippen LogP contribution in [0.5, 0.6) is 0 Å². The van der Waals surface area contributed by atoms with Gasteiger partial charge in [0, 0.05) is 45.0 Å². The number of rotatable bonds is 5. The smallest absolute Gasteiger partial charge is 0.242 e. The van der Waals surface area contributed by atoms with Crippen LogP contribution in [0.25, 0.3) is 0 Å². The molecule has 1 aliphatic rings. The Morgan fingerprint density at radius 1 is 1.12 bits per heavy atom. The highest BCUT2D eigenvalue weighted by Gasteiger charge is 2.21. The van der Waals surface area contributed by atoms with Gasteiger partial charge in [0.25, 0.3) is 0 Å². The highest BCUT2D eigenvalue weighted by atomic mass is 16.2. The van der Waals surface area contributed by atoms with Gasteiger partial charge in [-0.3, -0.25) is 9.79 Å². The molecule has 25 heavy (non-hydrogen) atoms. The summed E-state index contributed by atoms with van der Waals surface area (Å²) in [4.78, 5) is 20.9. The summed E-state index contributed by atoms with van der Waals surface area (Å²) in [5.41, 5.74) is 1.22. The molecule has 2 N–H and O–H groups in total. The van der Waals surface area contributed by atoms with Crippen molar-refractivity contribution in [2.75, 3.05) is 44.7 Å². The van der Waals surface area contributed by atoms with Crippen LogP contribution in [0.4, 0.5) is 5.69 Å². The Hall–Kier alpha value is -2.24. The topological polar surface area (TPSA) is 60.0 Å². The molecule has 1 aliphatic heterocycles.